The maximum Gasteiger partial charge on any atom is 0.434 e. The van der Waals surface area contributed by atoms with Gasteiger partial charge in [-0.2, -0.15) is 13.2 Å². The quantitative estimate of drug-likeness (QED) is 0.665. The molecule has 1 aromatic heterocycles. The highest BCUT2D eigenvalue weighted by Crippen LogP contribution is 2.34. The average Bonchev–Trinajstić information content (AvgIpc) is 2.29. The van der Waals surface area contributed by atoms with Crippen LogP contribution in [0.15, 0.2) is 12.5 Å². The van der Waals surface area contributed by atoms with Gasteiger partial charge in [0.25, 0.3) is 0 Å². The number of alkyl halides is 3. The molecule has 0 aromatic carbocycles. The summed E-state index contributed by atoms with van der Waals surface area (Å²) in [7, 11) is 0. The number of rotatable bonds is 1. The molecule has 2 rings (SSSR count). The maximum absolute atomic E-state index is 12.1. The van der Waals surface area contributed by atoms with Gasteiger partial charge in [-0.3, -0.25) is 0 Å². The molecule has 0 aliphatic heterocycles. The first-order chi connectivity index (χ1) is 6.07. The number of nitrogens with zero attached hydrogens (tertiary/aromatic N) is 2. The van der Waals surface area contributed by atoms with Crippen LogP contribution < -0.4 is 0 Å². The fourth-order valence-electron chi connectivity index (χ4n) is 1.37. The Bertz CT molecular complexity index is 299. The highest BCUT2D eigenvalue weighted by Gasteiger charge is 2.34. The van der Waals surface area contributed by atoms with Crippen molar-refractivity contribution in [2.75, 3.05) is 0 Å². The molecule has 0 bridgehead atoms. The van der Waals surface area contributed by atoms with Crippen LogP contribution in [0, 0.1) is 0 Å². The molecule has 1 saturated carbocycles. The van der Waals surface area contributed by atoms with Gasteiger partial charge in [-0.05, 0) is 19.3 Å². The lowest BCUT2D eigenvalue weighted by atomic mass is 9.93. The van der Waals surface area contributed by atoms with Crippen LogP contribution >= 0.6 is 0 Å². The van der Waals surface area contributed by atoms with Gasteiger partial charge in [-0.1, -0.05) is 0 Å². The standard InChI is InChI=1S/C8H9F3N2/c9-8(10,11)7-4-13(5-12-7)6-2-1-3-6/h4-6H,1-3H2. The lowest BCUT2D eigenvalue weighted by Crippen LogP contribution is -2.15. The molecule has 0 unspecified atom stereocenters. The van der Waals surface area contributed by atoms with E-state index in [9.17, 15) is 13.2 Å². The third-order valence-corrected chi connectivity index (χ3v) is 2.39. The van der Waals surface area contributed by atoms with E-state index in [1.54, 1.807) is 4.57 Å². The highest BCUT2D eigenvalue weighted by atomic mass is 19.4. The fourth-order valence-corrected chi connectivity index (χ4v) is 1.37. The minimum absolute atomic E-state index is 0.239. The second-order valence-corrected chi connectivity index (χ2v) is 3.29. The van der Waals surface area contributed by atoms with Gasteiger partial charge in [0.2, 0.25) is 0 Å². The Labute approximate surface area is 73.4 Å². The monoisotopic (exact) mass is 190 g/mol. The Hall–Kier alpha value is -1.00. The smallest absolute Gasteiger partial charge is 0.334 e. The minimum Gasteiger partial charge on any atom is -0.334 e. The average molecular weight is 190 g/mol. The maximum atomic E-state index is 12.1. The molecule has 0 N–H and O–H groups in total. The van der Waals surface area contributed by atoms with Crippen molar-refractivity contribution < 1.29 is 13.2 Å². The minimum atomic E-state index is -4.31. The van der Waals surface area contributed by atoms with Gasteiger partial charge in [0.15, 0.2) is 5.69 Å². The molecule has 13 heavy (non-hydrogen) atoms. The van der Waals surface area contributed by atoms with Crippen molar-refractivity contribution in [3.05, 3.63) is 18.2 Å². The molecule has 0 radical (unpaired) electrons. The second-order valence-electron chi connectivity index (χ2n) is 3.29. The van der Waals surface area contributed by atoms with E-state index in [4.69, 9.17) is 0 Å². The molecular formula is C8H9F3N2. The number of aromatic nitrogens is 2. The van der Waals surface area contributed by atoms with Crippen LogP contribution in [0.25, 0.3) is 0 Å². The number of imidazole rings is 1. The SMILES string of the molecule is FC(F)(F)c1cn(C2CCC2)cn1. The zero-order chi connectivity index (χ0) is 9.47. The largest absolute Gasteiger partial charge is 0.434 e. The van der Waals surface area contributed by atoms with Crippen molar-refractivity contribution in [2.24, 2.45) is 0 Å². The molecule has 1 aromatic rings. The zero-order valence-corrected chi connectivity index (χ0v) is 6.88. The van der Waals surface area contributed by atoms with E-state index in [0.717, 1.165) is 25.5 Å². The Balaban J connectivity index is 2.17. The summed E-state index contributed by atoms with van der Waals surface area (Å²) in [5, 5.41) is 0. The molecule has 1 fully saturated rings. The number of hydrogen-bond donors (Lipinski definition) is 0. The van der Waals surface area contributed by atoms with Crippen LogP contribution in [0.2, 0.25) is 0 Å². The second kappa shape index (κ2) is 2.75. The Kier molecular flexibility index (Phi) is 1.82. The Morgan fingerprint density at radius 2 is 2.08 bits per heavy atom. The summed E-state index contributed by atoms with van der Waals surface area (Å²) in [4.78, 5) is 3.33. The van der Waals surface area contributed by atoms with E-state index in [1.807, 2.05) is 0 Å². The van der Waals surface area contributed by atoms with Crippen molar-refractivity contribution in [1.29, 1.82) is 0 Å². The van der Waals surface area contributed by atoms with Crippen molar-refractivity contribution in [1.82, 2.24) is 9.55 Å². The molecule has 0 saturated heterocycles. The first kappa shape index (κ1) is 8.59. The predicted octanol–water partition coefficient (Wildman–Crippen LogP) is 2.63. The molecule has 1 aliphatic rings. The fraction of sp³-hybridized carbons (Fsp3) is 0.625. The van der Waals surface area contributed by atoms with E-state index in [1.165, 1.54) is 6.33 Å². The molecule has 0 spiro atoms. The van der Waals surface area contributed by atoms with Crippen molar-refractivity contribution in [3.8, 4) is 0 Å². The molecule has 5 heteroatoms. The van der Waals surface area contributed by atoms with Crippen LogP contribution in [-0.2, 0) is 6.18 Å². The third-order valence-electron chi connectivity index (χ3n) is 2.39. The van der Waals surface area contributed by atoms with Crippen molar-refractivity contribution in [3.63, 3.8) is 0 Å². The van der Waals surface area contributed by atoms with Gasteiger partial charge in [-0.15, -0.1) is 0 Å². The Morgan fingerprint density at radius 1 is 1.38 bits per heavy atom. The lowest BCUT2D eigenvalue weighted by molar-refractivity contribution is -0.141. The van der Waals surface area contributed by atoms with E-state index < -0.39 is 11.9 Å². The van der Waals surface area contributed by atoms with Gasteiger partial charge >= 0.3 is 6.18 Å². The molecule has 0 amide bonds. The van der Waals surface area contributed by atoms with E-state index in [-0.39, 0.29) is 6.04 Å². The van der Waals surface area contributed by atoms with Crippen molar-refractivity contribution in [2.45, 2.75) is 31.5 Å². The van der Waals surface area contributed by atoms with E-state index >= 15 is 0 Å². The molecule has 1 heterocycles. The molecule has 0 atom stereocenters. The van der Waals surface area contributed by atoms with Crippen LogP contribution in [-0.4, -0.2) is 9.55 Å². The van der Waals surface area contributed by atoms with Crippen LogP contribution in [0.3, 0.4) is 0 Å². The highest BCUT2D eigenvalue weighted by molar-refractivity contribution is 5.03. The van der Waals surface area contributed by atoms with Crippen molar-refractivity contribution >= 4 is 0 Å². The number of hydrogen-bond acceptors (Lipinski definition) is 1. The summed E-state index contributed by atoms with van der Waals surface area (Å²) >= 11 is 0. The topological polar surface area (TPSA) is 17.8 Å². The van der Waals surface area contributed by atoms with Gasteiger partial charge < -0.3 is 4.57 Å². The summed E-state index contributed by atoms with van der Waals surface area (Å²) in [6, 6.07) is 0.239. The number of halogens is 3. The van der Waals surface area contributed by atoms with Gasteiger partial charge in [0.1, 0.15) is 0 Å². The predicted molar refractivity (Wildman–Crippen MR) is 40.1 cm³/mol. The molecule has 72 valence electrons. The summed E-state index contributed by atoms with van der Waals surface area (Å²) in [6.07, 6.45) is 1.08. The van der Waals surface area contributed by atoms with Crippen LogP contribution in [0.5, 0.6) is 0 Å². The zero-order valence-electron chi connectivity index (χ0n) is 6.88. The summed E-state index contributed by atoms with van der Waals surface area (Å²) in [5.74, 6) is 0. The lowest BCUT2D eigenvalue weighted by Gasteiger charge is -2.26. The Morgan fingerprint density at radius 3 is 2.46 bits per heavy atom. The molecule has 1 aliphatic carbocycles. The van der Waals surface area contributed by atoms with Gasteiger partial charge in [-0.25, -0.2) is 4.98 Å². The first-order valence-corrected chi connectivity index (χ1v) is 4.18. The van der Waals surface area contributed by atoms with E-state index in [0.29, 0.717) is 0 Å². The molecular weight excluding hydrogens is 181 g/mol. The summed E-state index contributed by atoms with van der Waals surface area (Å²) < 4.78 is 37.9. The normalized spacial score (nSPS) is 18.7. The van der Waals surface area contributed by atoms with E-state index in [2.05, 4.69) is 4.98 Å². The summed E-state index contributed by atoms with van der Waals surface area (Å²) in [5.41, 5.74) is -0.792. The molecule has 2 nitrogen and oxygen atoms in total. The summed E-state index contributed by atoms with van der Waals surface area (Å²) in [6.45, 7) is 0. The van der Waals surface area contributed by atoms with Crippen LogP contribution in [0.1, 0.15) is 31.0 Å². The van der Waals surface area contributed by atoms with Crippen LogP contribution in [0.4, 0.5) is 13.2 Å². The van der Waals surface area contributed by atoms with Gasteiger partial charge in [0.05, 0.1) is 6.33 Å². The first-order valence-electron chi connectivity index (χ1n) is 4.18. The van der Waals surface area contributed by atoms with Gasteiger partial charge in [0, 0.05) is 12.2 Å². The third kappa shape index (κ3) is 1.55.